The SMILES string of the molecule is C=C/C(S)=C\C(=C/C)CS. The average Bonchev–Trinajstić information content (AvgIpc) is 1.99. The lowest BCUT2D eigenvalue weighted by Gasteiger charge is -1.94. The Bertz CT molecular complexity index is 166. The molecular formula is C8H12S2. The summed E-state index contributed by atoms with van der Waals surface area (Å²) in [6.45, 7) is 5.56. The molecule has 0 spiro atoms. The van der Waals surface area contributed by atoms with Crippen molar-refractivity contribution in [3.8, 4) is 0 Å². The molecule has 0 unspecified atom stereocenters. The first-order valence-electron chi connectivity index (χ1n) is 3.03. The van der Waals surface area contributed by atoms with Gasteiger partial charge in [-0.05, 0) is 18.6 Å². The Balaban J connectivity index is 4.22. The molecule has 0 saturated carbocycles. The zero-order valence-electron chi connectivity index (χ0n) is 6.04. The quantitative estimate of drug-likeness (QED) is 0.474. The van der Waals surface area contributed by atoms with Gasteiger partial charge in [-0.2, -0.15) is 12.6 Å². The lowest BCUT2D eigenvalue weighted by atomic mass is 10.2. The Morgan fingerprint density at radius 1 is 1.60 bits per heavy atom. The third-order valence-corrected chi connectivity index (χ3v) is 1.77. The van der Waals surface area contributed by atoms with Crippen molar-refractivity contribution in [1.29, 1.82) is 0 Å². The second-order valence-electron chi connectivity index (χ2n) is 1.80. The van der Waals surface area contributed by atoms with E-state index in [9.17, 15) is 0 Å². The molecule has 2 heteroatoms. The van der Waals surface area contributed by atoms with E-state index >= 15 is 0 Å². The van der Waals surface area contributed by atoms with E-state index in [4.69, 9.17) is 0 Å². The van der Waals surface area contributed by atoms with Crippen LogP contribution in [0.3, 0.4) is 0 Å². The number of thiol groups is 2. The first-order chi connectivity index (χ1) is 4.74. The van der Waals surface area contributed by atoms with Gasteiger partial charge in [0.05, 0.1) is 0 Å². The summed E-state index contributed by atoms with van der Waals surface area (Å²) in [6.07, 6.45) is 5.66. The molecule has 0 atom stereocenters. The molecule has 0 amide bonds. The van der Waals surface area contributed by atoms with Crippen LogP contribution in [0.2, 0.25) is 0 Å². The number of hydrogen-bond acceptors (Lipinski definition) is 2. The Hall–Kier alpha value is -0.0800. The first kappa shape index (κ1) is 9.92. The minimum absolute atomic E-state index is 0.744. The van der Waals surface area contributed by atoms with Crippen LogP contribution in [-0.2, 0) is 0 Å². The molecule has 0 aliphatic carbocycles. The van der Waals surface area contributed by atoms with Gasteiger partial charge >= 0.3 is 0 Å². The van der Waals surface area contributed by atoms with Crippen LogP contribution in [0.15, 0.2) is 35.3 Å². The molecule has 56 valence electrons. The Morgan fingerprint density at radius 3 is 2.50 bits per heavy atom. The highest BCUT2D eigenvalue weighted by Gasteiger charge is 1.86. The van der Waals surface area contributed by atoms with Gasteiger partial charge in [0.25, 0.3) is 0 Å². The molecule has 0 aromatic rings. The second kappa shape index (κ2) is 5.69. The van der Waals surface area contributed by atoms with E-state index in [0.717, 1.165) is 16.2 Å². The smallest absolute Gasteiger partial charge is 0.0151 e. The molecule has 0 radical (unpaired) electrons. The lowest BCUT2D eigenvalue weighted by molar-refractivity contribution is 1.50. The molecule has 10 heavy (non-hydrogen) atoms. The molecule has 0 N–H and O–H groups in total. The van der Waals surface area contributed by atoms with Gasteiger partial charge in [0.2, 0.25) is 0 Å². The fourth-order valence-electron chi connectivity index (χ4n) is 0.469. The van der Waals surface area contributed by atoms with Crippen molar-refractivity contribution < 1.29 is 0 Å². The summed E-state index contributed by atoms with van der Waals surface area (Å²) in [5.41, 5.74) is 1.16. The monoisotopic (exact) mass is 172 g/mol. The van der Waals surface area contributed by atoms with Gasteiger partial charge in [-0.15, -0.1) is 12.6 Å². The second-order valence-corrected chi connectivity index (χ2v) is 2.63. The molecule has 0 heterocycles. The van der Waals surface area contributed by atoms with Crippen molar-refractivity contribution >= 4 is 25.3 Å². The predicted molar refractivity (Wildman–Crippen MR) is 54.9 cm³/mol. The van der Waals surface area contributed by atoms with E-state index in [1.807, 2.05) is 19.1 Å². The van der Waals surface area contributed by atoms with Crippen LogP contribution in [0.1, 0.15) is 6.92 Å². The van der Waals surface area contributed by atoms with Gasteiger partial charge in [0.15, 0.2) is 0 Å². The molecule has 0 aromatic heterocycles. The molecule has 0 aliphatic heterocycles. The van der Waals surface area contributed by atoms with Crippen LogP contribution in [0, 0.1) is 0 Å². The highest BCUT2D eigenvalue weighted by atomic mass is 32.1. The number of hydrogen-bond donors (Lipinski definition) is 2. The maximum atomic E-state index is 4.15. The van der Waals surface area contributed by atoms with Crippen molar-refractivity contribution in [2.75, 3.05) is 5.75 Å². The topological polar surface area (TPSA) is 0 Å². The first-order valence-corrected chi connectivity index (χ1v) is 4.11. The van der Waals surface area contributed by atoms with Crippen LogP contribution >= 0.6 is 25.3 Å². The number of rotatable bonds is 3. The summed E-state index contributed by atoms with van der Waals surface area (Å²) in [4.78, 5) is 0.877. The van der Waals surface area contributed by atoms with Gasteiger partial charge in [-0.1, -0.05) is 18.7 Å². The lowest BCUT2D eigenvalue weighted by Crippen LogP contribution is -1.78. The minimum atomic E-state index is 0.744. The zero-order valence-corrected chi connectivity index (χ0v) is 7.83. The van der Waals surface area contributed by atoms with E-state index in [-0.39, 0.29) is 0 Å². The van der Waals surface area contributed by atoms with E-state index in [1.54, 1.807) is 6.08 Å². The molecular weight excluding hydrogens is 160 g/mol. The third-order valence-electron chi connectivity index (χ3n) is 1.10. The summed E-state index contributed by atoms with van der Waals surface area (Å²) >= 11 is 8.27. The Kier molecular flexibility index (Phi) is 5.64. The van der Waals surface area contributed by atoms with Gasteiger partial charge in [-0.25, -0.2) is 0 Å². The fourth-order valence-corrected chi connectivity index (χ4v) is 0.909. The molecule has 0 fully saturated rings. The molecule has 0 saturated heterocycles. The Labute approximate surface area is 73.5 Å². The molecule has 0 rings (SSSR count). The van der Waals surface area contributed by atoms with Crippen molar-refractivity contribution in [3.05, 3.63) is 35.3 Å². The summed E-state index contributed by atoms with van der Waals surface area (Å²) < 4.78 is 0. The highest BCUT2D eigenvalue weighted by molar-refractivity contribution is 7.84. The van der Waals surface area contributed by atoms with Crippen LogP contribution in [-0.4, -0.2) is 5.75 Å². The normalized spacial score (nSPS) is 13.5. The Morgan fingerprint density at radius 2 is 2.20 bits per heavy atom. The molecule has 0 bridgehead atoms. The van der Waals surface area contributed by atoms with E-state index < -0.39 is 0 Å². The van der Waals surface area contributed by atoms with E-state index in [0.29, 0.717) is 0 Å². The molecule has 0 aromatic carbocycles. The summed E-state index contributed by atoms with van der Waals surface area (Å²) in [6, 6.07) is 0. The summed E-state index contributed by atoms with van der Waals surface area (Å²) in [5, 5.41) is 0. The van der Waals surface area contributed by atoms with E-state index in [1.165, 1.54) is 0 Å². The van der Waals surface area contributed by atoms with Crippen LogP contribution < -0.4 is 0 Å². The summed E-state index contributed by atoms with van der Waals surface area (Å²) in [5.74, 6) is 0.744. The minimum Gasteiger partial charge on any atom is -0.175 e. The van der Waals surface area contributed by atoms with Crippen molar-refractivity contribution in [3.63, 3.8) is 0 Å². The van der Waals surface area contributed by atoms with Gasteiger partial charge < -0.3 is 0 Å². The molecule has 0 aliphatic rings. The van der Waals surface area contributed by atoms with Gasteiger partial charge in [0, 0.05) is 10.7 Å². The highest BCUT2D eigenvalue weighted by Crippen LogP contribution is 2.07. The third kappa shape index (κ3) is 3.85. The van der Waals surface area contributed by atoms with Crippen LogP contribution in [0.5, 0.6) is 0 Å². The van der Waals surface area contributed by atoms with Gasteiger partial charge in [-0.3, -0.25) is 0 Å². The average molecular weight is 172 g/mol. The van der Waals surface area contributed by atoms with Gasteiger partial charge in [0.1, 0.15) is 0 Å². The van der Waals surface area contributed by atoms with E-state index in [2.05, 4.69) is 31.8 Å². The largest absolute Gasteiger partial charge is 0.175 e. The molecule has 0 nitrogen and oxygen atoms in total. The zero-order chi connectivity index (χ0) is 7.98. The fraction of sp³-hybridized carbons (Fsp3) is 0.250. The van der Waals surface area contributed by atoms with Crippen LogP contribution in [0.4, 0.5) is 0 Å². The predicted octanol–water partition coefficient (Wildman–Crippen LogP) is 2.86. The maximum Gasteiger partial charge on any atom is 0.0151 e. The summed E-state index contributed by atoms with van der Waals surface area (Å²) in [7, 11) is 0. The van der Waals surface area contributed by atoms with Crippen molar-refractivity contribution in [2.45, 2.75) is 6.92 Å². The standard InChI is InChI=1S/C8H12S2/c1-3-7(6-9)5-8(10)4-2/h3-5,9-10H,2,6H2,1H3/b7-3+,8-5+. The van der Waals surface area contributed by atoms with Crippen LogP contribution in [0.25, 0.3) is 0 Å². The van der Waals surface area contributed by atoms with Crippen molar-refractivity contribution in [1.82, 2.24) is 0 Å². The van der Waals surface area contributed by atoms with Crippen molar-refractivity contribution in [2.24, 2.45) is 0 Å². The maximum absolute atomic E-state index is 4.15. The number of allylic oxidation sites excluding steroid dienone is 3.